The van der Waals surface area contributed by atoms with E-state index in [2.05, 4.69) is 0 Å². The molecule has 2 heteroatoms. The van der Waals surface area contributed by atoms with E-state index in [0.717, 1.165) is 17.5 Å². The lowest BCUT2D eigenvalue weighted by Gasteiger charge is -1.96. The molecule has 0 fully saturated rings. The van der Waals surface area contributed by atoms with Gasteiger partial charge in [0.05, 0.1) is 0 Å². The van der Waals surface area contributed by atoms with Crippen LogP contribution >= 0.6 is 11.3 Å². The highest BCUT2D eigenvalue weighted by Gasteiger charge is 1.98. The second kappa shape index (κ2) is 2.97. The van der Waals surface area contributed by atoms with E-state index in [1.165, 1.54) is 11.3 Å². The monoisotopic (exact) mass is 154 g/mol. The fourth-order valence-electron chi connectivity index (χ4n) is 0.954. The molecule has 0 N–H and O–H groups in total. The van der Waals surface area contributed by atoms with Crippen molar-refractivity contribution in [3.63, 3.8) is 0 Å². The number of aryl methyl sites for hydroxylation is 1. The van der Waals surface area contributed by atoms with E-state index in [-0.39, 0.29) is 4.74 Å². The van der Waals surface area contributed by atoms with E-state index in [1.807, 2.05) is 25.3 Å². The Labute approximate surface area is 64.3 Å². The molecule has 10 heavy (non-hydrogen) atoms. The Morgan fingerprint density at radius 1 is 1.60 bits per heavy atom. The van der Waals surface area contributed by atoms with Crippen LogP contribution in [0.3, 0.4) is 0 Å². The SMILES string of the molecule is CCc1c(C)ccsc1=O. The second-order valence-corrected chi connectivity index (χ2v) is 3.10. The molecule has 1 aromatic heterocycles. The summed E-state index contributed by atoms with van der Waals surface area (Å²) in [6.45, 7) is 3.99. The molecule has 0 aliphatic carbocycles. The van der Waals surface area contributed by atoms with Crippen molar-refractivity contribution in [3.8, 4) is 0 Å². The predicted molar refractivity (Wildman–Crippen MR) is 44.7 cm³/mol. The Hall–Kier alpha value is -0.630. The molecule has 1 aromatic rings. The summed E-state index contributed by atoms with van der Waals surface area (Å²) in [5.74, 6) is 0. The summed E-state index contributed by atoms with van der Waals surface area (Å²) < 4.78 is 0.211. The minimum Gasteiger partial charge on any atom is -0.278 e. The lowest BCUT2D eigenvalue weighted by atomic mass is 10.1. The average molecular weight is 154 g/mol. The molecule has 0 unspecified atom stereocenters. The van der Waals surface area contributed by atoms with Crippen LogP contribution in [0, 0.1) is 6.92 Å². The predicted octanol–water partition coefficient (Wildman–Crippen LogP) is 1.98. The normalized spacial score (nSPS) is 9.80. The first-order valence-electron chi connectivity index (χ1n) is 3.33. The summed E-state index contributed by atoms with van der Waals surface area (Å²) in [7, 11) is 0. The Bertz CT molecular complexity index is 275. The first-order chi connectivity index (χ1) is 4.75. The average Bonchev–Trinajstić information content (AvgIpc) is 1.88. The lowest BCUT2D eigenvalue weighted by Crippen LogP contribution is -2.03. The lowest BCUT2D eigenvalue weighted by molar-refractivity contribution is 1.10. The third-order valence-corrected chi connectivity index (χ3v) is 2.30. The third-order valence-electron chi connectivity index (χ3n) is 1.57. The van der Waals surface area contributed by atoms with Crippen molar-refractivity contribution in [2.75, 3.05) is 0 Å². The molecule has 54 valence electrons. The molecule has 0 radical (unpaired) electrons. The van der Waals surface area contributed by atoms with Crippen LogP contribution in [0.4, 0.5) is 0 Å². The second-order valence-electron chi connectivity index (χ2n) is 2.22. The van der Waals surface area contributed by atoms with E-state index in [1.54, 1.807) is 0 Å². The summed E-state index contributed by atoms with van der Waals surface area (Å²) in [6, 6.07) is 1.99. The fraction of sp³-hybridized carbons (Fsp3) is 0.375. The molecule has 0 aromatic carbocycles. The maximum absolute atomic E-state index is 11.1. The van der Waals surface area contributed by atoms with Gasteiger partial charge in [0.1, 0.15) is 0 Å². The maximum Gasteiger partial charge on any atom is 0.235 e. The molecule has 1 nitrogen and oxygen atoms in total. The zero-order valence-corrected chi connectivity index (χ0v) is 6.99. The van der Waals surface area contributed by atoms with Gasteiger partial charge in [0.2, 0.25) is 4.74 Å². The standard InChI is InChI=1S/C8H10OS/c1-3-7-6(2)4-5-10-8(7)9/h4-5H,3H2,1-2H3. The van der Waals surface area contributed by atoms with Crippen LogP contribution in [-0.2, 0) is 6.42 Å². The first kappa shape index (κ1) is 7.48. The highest BCUT2D eigenvalue weighted by Crippen LogP contribution is 2.03. The Kier molecular flexibility index (Phi) is 2.22. The Morgan fingerprint density at radius 3 is 2.70 bits per heavy atom. The zero-order valence-electron chi connectivity index (χ0n) is 6.18. The van der Waals surface area contributed by atoms with Gasteiger partial charge in [-0.2, -0.15) is 0 Å². The van der Waals surface area contributed by atoms with Gasteiger partial charge in [0.25, 0.3) is 0 Å². The molecule has 0 saturated heterocycles. The van der Waals surface area contributed by atoms with Crippen molar-refractivity contribution in [2.45, 2.75) is 20.3 Å². The summed E-state index contributed by atoms with van der Waals surface area (Å²) in [5, 5.41) is 1.84. The van der Waals surface area contributed by atoms with Crippen molar-refractivity contribution in [3.05, 3.63) is 32.1 Å². The fourth-order valence-corrected chi connectivity index (χ4v) is 1.80. The maximum atomic E-state index is 11.1. The zero-order chi connectivity index (χ0) is 7.56. The van der Waals surface area contributed by atoms with Crippen molar-refractivity contribution >= 4 is 11.3 Å². The third kappa shape index (κ3) is 1.27. The quantitative estimate of drug-likeness (QED) is 0.604. The topological polar surface area (TPSA) is 17.1 Å². The van der Waals surface area contributed by atoms with Gasteiger partial charge >= 0.3 is 0 Å². The highest BCUT2D eigenvalue weighted by atomic mass is 32.1. The van der Waals surface area contributed by atoms with Crippen LogP contribution in [-0.4, -0.2) is 0 Å². The molecule has 0 bridgehead atoms. The van der Waals surface area contributed by atoms with Crippen molar-refractivity contribution < 1.29 is 0 Å². The summed E-state index contributed by atoms with van der Waals surface area (Å²) in [6.07, 6.45) is 0.849. The van der Waals surface area contributed by atoms with E-state index in [4.69, 9.17) is 0 Å². The molecule has 0 amide bonds. The minimum atomic E-state index is 0.211. The summed E-state index contributed by atoms with van der Waals surface area (Å²) in [5.41, 5.74) is 2.08. The van der Waals surface area contributed by atoms with E-state index >= 15 is 0 Å². The largest absolute Gasteiger partial charge is 0.278 e. The van der Waals surface area contributed by atoms with E-state index in [9.17, 15) is 4.79 Å². The molecular weight excluding hydrogens is 144 g/mol. The van der Waals surface area contributed by atoms with Gasteiger partial charge in [0, 0.05) is 5.56 Å². The molecule has 0 atom stereocenters. The van der Waals surface area contributed by atoms with Gasteiger partial charge in [-0.05, 0) is 30.4 Å². The van der Waals surface area contributed by atoms with Crippen LogP contribution < -0.4 is 4.74 Å². The number of hydrogen-bond acceptors (Lipinski definition) is 2. The molecule has 0 spiro atoms. The van der Waals surface area contributed by atoms with Gasteiger partial charge in [-0.3, -0.25) is 4.79 Å². The van der Waals surface area contributed by atoms with Gasteiger partial charge < -0.3 is 0 Å². The molecule has 0 aliphatic heterocycles. The number of hydrogen-bond donors (Lipinski definition) is 0. The van der Waals surface area contributed by atoms with Crippen molar-refractivity contribution in [1.82, 2.24) is 0 Å². The molecule has 1 rings (SSSR count). The van der Waals surface area contributed by atoms with Crippen LogP contribution in [0.25, 0.3) is 0 Å². The van der Waals surface area contributed by atoms with Gasteiger partial charge in [0.15, 0.2) is 0 Å². The molecule has 1 heterocycles. The van der Waals surface area contributed by atoms with Gasteiger partial charge in [-0.25, -0.2) is 0 Å². The minimum absolute atomic E-state index is 0.211. The molecular formula is C8H10OS. The van der Waals surface area contributed by atoms with Crippen molar-refractivity contribution in [2.24, 2.45) is 0 Å². The summed E-state index contributed by atoms with van der Waals surface area (Å²) >= 11 is 1.28. The Morgan fingerprint density at radius 2 is 2.30 bits per heavy atom. The van der Waals surface area contributed by atoms with Gasteiger partial charge in [-0.1, -0.05) is 6.92 Å². The molecule has 0 aliphatic rings. The number of rotatable bonds is 1. The van der Waals surface area contributed by atoms with Crippen molar-refractivity contribution in [1.29, 1.82) is 0 Å². The van der Waals surface area contributed by atoms with Gasteiger partial charge in [-0.15, -0.1) is 11.3 Å². The van der Waals surface area contributed by atoms with E-state index < -0.39 is 0 Å². The van der Waals surface area contributed by atoms with Crippen LogP contribution in [0.1, 0.15) is 18.1 Å². The highest BCUT2D eigenvalue weighted by molar-refractivity contribution is 7.07. The van der Waals surface area contributed by atoms with Crippen LogP contribution in [0.15, 0.2) is 16.2 Å². The van der Waals surface area contributed by atoms with Crippen LogP contribution in [0.2, 0.25) is 0 Å². The summed E-state index contributed by atoms with van der Waals surface area (Å²) in [4.78, 5) is 11.1. The molecule has 0 saturated carbocycles. The smallest absolute Gasteiger partial charge is 0.235 e. The first-order valence-corrected chi connectivity index (χ1v) is 4.21. The van der Waals surface area contributed by atoms with E-state index in [0.29, 0.717) is 0 Å². The Balaban J connectivity index is 3.31. The van der Waals surface area contributed by atoms with Crippen LogP contribution in [0.5, 0.6) is 0 Å².